The summed E-state index contributed by atoms with van der Waals surface area (Å²) in [5.74, 6) is 1.70. The fourth-order valence-electron chi connectivity index (χ4n) is 5.30. The number of hydrogen-bond acceptors (Lipinski definition) is 7. The van der Waals surface area contributed by atoms with E-state index in [9.17, 15) is 18.0 Å². The van der Waals surface area contributed by atoms with Crippen molar-refractivity contribution in [2.75, 3.05) is 36.1 Å². The van der Waals surface area contributed by atoms with Crippen LogP contribution in [0.15, 0.2) is 54.9 Å². The van der Waals surface area contributed by atoms with Crippen molar-refractivity contribution >= 4 is 28.9 Å². The number of benzene rings is 2. The summed E-state index contributed by atoms with van der Waals surface area (Å²) >= 11 is 0. The fourth-order valence-corrected chi connectivity index (χ4v) is 5.30. The Hall–Kier alpha value is -4.45. The maximum atomic E-state index is 13.8. The van der Waals surface area contributed by atoms with Crippen LogP contribution < -0.4 is 16.0 Å². The molecule has 1 amide bonds. The van der Waals surface area contributed by atoms with Crippen molar-refractivity contribution < 1.29 is 18.0 Å². The van der Waals surface area contributed by atoms with E-state index < -0.39 is 17.6 Å². The molecule has 3 heterocycles. The molecule has 9 nitrogen and oxygen atoms in total. The SMILES string of the molecule is CNc1cc(-n2nc(C)cc2Nc2cc(NC(=O)c3cc(CN4CCC[C@H](C)C4)cc(C(F)(F)F)c3)ccc2C)ncn1. The van der Waals surface area contributed by atoms with Crippen LogP contribution >= 0.6 is 0 Å². The molecule has 4 aromatic rings. The molecule has 0 saturated carbocycles. The molecule has 3 N–H and O–H groups in total. The van der Waals surface area contributed by atoms with E-state index in [0.717, 1.165) is 49.3 Å². The van der Waals surface area contributed by atoms with Crippen molar-refractivity contribution in [2.24, 2.45) is 5.92 Å². The first-order chi connectivity index (χ1) is 20.5. The van der Waals surface area contributed by atoms with Crippen LogP contribution in [0.2, 0.25) is 0 Å². The molecule has 1 atom stereocenters. The maximum Gasteiger partial charge on any atom is 0.416 e. The summed E-state index contributed by atoms with van der Waals surface area (Å²) in [6.07, 6.45) is -1.01. The van der Waals surface area contributed by atoms with Gasteiger partial charge >= 0.3 is 6.18 Å². The van der Waals surface area contributed by atoms with Gasteiger partial charge < -0.3 is 16.0 Å². The molecule has 43 heavy (non-hydrogen) atoms. The number of carbonyl (C=O) groups is 1. The Kier molecular flexibility index (Phi) is 8.67. The van der Waals surface area contributed by atoms with E-state index in [0.29, 0.717) is 46.9 Å². The summed E-state index contributed by atoms with van der Waals surface area (Å²) in [6.45, 7) is 7.93. The van der Waals surface area contributed by atoms with Crippen LogP contribution in [-0.4, -0.2) is 50.7 Å². The van der Waals surface area contributed by atoms with E-state index >= 15 is 0 Å². The van der Waals surface area contributed by atoms with Gasteiger partial charge in [-0.15, -0.1) is 0 Å². The summed E-state index contributed by atoms with van der Waals surface area (Å²) in [4.78, 5) is 23.9. The van der Waals surface area contributed by atoms with Gasteiger partial charge in [0.25, 0.3) is 5.91 Å². The number of carbonyl (C=O) groups excluding carboxylic acids is 1. The van der Waals surface area contributed by atoms with Crippen LogP contribution in [0.1, 0.15) is 52.5 Å². The molecule has 0 aliphatic carbocycles. The number of alkyl halides is 3. The van der Waals surface area contributed by atoms with Crippen LogP contribution in [-0.2, 0) is 12.7 Å². The molecule has 5 rings (SSSR count). The molecule has 1 saturated heterocycles. The van der Waals surface area contributed by atoms with Gasteiger partial charge in [0.2, 0.25) is 0 Å². The van der Waals surface area contributed by atoms with Gasteiger partial charge in [-0.05, 0) is 80.6 Å². The molecule has 1 aliphatic heterocycles. The minimum atomic E-state index is -4.57. The summed E-state index contributed by atoms with van der Waals surface area (Å²) in [5, 5.41) is 13.7. The fraction of sp³-hybridized carbons (Fsp3) is 0.355. The number of aromatic nitrogens is 4. The summed E-state index contributed by atoms with van der Waals surface area (Å²) in [5.41, 5.74) is 2.36. The Morgan fingerprint density at radius 1 is 1.07 bits per heavy atom. The molecule has 0 spiro atoms. The van der Waals surface area contributed by atoms with Crippen molar-refractivity contribution in [3.05, 3.63) is 82.8 Å². The maximum absolute atomic E-state index is 13.8. The van der Waals surface area contributed by atoms with Gasteiger partial charge in [0.05, 0.1) is 11.3 Å². The van der Waals surface area contributed by atoms with Gasteiger partial charge in [0.1, 0.15) is 18.0 Å². The summed E-state index contributed by atoms with van der Waals surface area (Å²) in [7, 11) is 1.76. The second kappa shape index (κ2) is 12.4. The van der Waals surface area contributed by atoms with Crippen LogP contribution in [0.5, 0.6) is 0 Å². The molecule has 2 aromatic heterocycles. The zero-order chi connectivity index (χ0) is 30.7. The molecule has 12 heteroatoms. The lowest BCUT2D eigenvalue weighted by atomic mass is 9.98. The lowest BCUT2D eigenvalue weighted by molar-refractivity contribution is -0.137. The number of amides is 1. The highest BCUT2D eigenvalue weighted by molar-refractivity contribution is 6.04. The number of likely N-dealkylation sites (tertiary alicyclic amines) is 1. The number of anilines is 4. The molecule has 0 bridgehead atoms. The smallest absolute Gasteiger partial charge is 0.373 e. The lowest BCUT2D eigenvalue weighted by Gasteiger charge is -2.31. The Labute approximate surface area is 248 Å². The number of piperidine rings is 1. The normalized spacial score (nSPS) is 15.7. The monoisotopic (exact) mass is 592 g/mol. The average molecular weight is 593 g/mol. The van der Waals surface area contributed by atoms with Crippen molar-refractivity contribution in [2.45, 2.75) is 46.3 Å². The number of aryl methyl sites for hydroxylation is 2. The van der Waals surface area contributed by atoms with E-state index in [1.807, 2.05) is 26.0 Å². The molecular weight excluding hydrogens is 557 g/mol. The molecule has 226 valence electrons. The third-order valence-corrected chi connectivity index (χ3v) is 7.45. The molecular formula is C31H35F3N8O. The van der Waals surface area contributed by atoms with Crippen LogP contribution in [0.25, 0.3) is 5.82 Å². The third-order valence-electron chi connectivity index (χ3n) is 7.45. The van der Waals surface area contributed by atoms with Crippen molar-refractivity contribution in [1.82, 2.24) is 24.6 Å². The second-order valence-electron chi connectivity index (χ2n) is 11.1. The quantitative estimate of drug-likeness (QED) is 0.213. The molecule has 1 aliphatic rings. The standard InChI is InChI=1S/C31H35F3N8O/c1-19-6-5-9-41(16-19)17-22-11-23(13-24(12-22)31(32,33)34)30(43)38-25-8-7-20(2)26(14-25)39-29-10-21(3)40-42(29)28-15-27(35-4)36-18-37-28/h7-8,10-15,18-19,39H,5-6,9,16-17H2,1-4H3,(H,38,43)(H,35,36,37)/t19-/m0/s1. The van der Waals surface area contributed by atoms with E-state index in [4.69, 9.17) is 0 Å². The van der Waals surface area contributed by atoms with Crippen molar-refractivity contribution in [3.8, 4) is 5.82 Å². The highest BCUT2D eigenvalue weighted by Gasteiger charge is 2.32. The molecule has 0 radical (unpaired) electrons. The van der Waals surface area contributed by atoms with Gasteiger partial charge in [-0.25, -0.2) is 9.97 Å². The molecule has 2 aromatic carbocycles. The van der Waals surface area contributed by atoms with Crippen molar-refractivity contribution in [1.29, 1.82) is 0 Å². The Balaban J connectivity index is 1.38. The number of rotatable bonds is 8. The van der Waals surface area contributed by atoms with Gasteiger partial charge in [-0.2, -0.15) is 23.0 Å². The highest BCUT2D eigenvalue weighted by atomic mass is 19.4. The van der Waals surface area contributed by atoms with E-state index in [2.05, 4.69) is 42.8 Å². The van der Waals surface area contributed by atoms with Crippen LogP contribution in [0.3, 0.4) is 0 Å². The molecule has 1 fully saturated rings. The second-order valence-corrected chi connectivity index (χ2v) is 11.1. The van der Waals surface area contributed by atoms with E-state index in [1.54, 1.807) is 36.0 Å². The Bertz CT molecular complexity index is 1620. The number of halogens is 3. The van der Waals surface area contributed by atoms with E-state index in [1.165, 1.54) is 6.33 Å². The number of nitrogens with zero attached hydrogens (tertiary/aromatic N) is 5. The first kappa shape index (κ1) is 30.0. The Morgan fingerprint density at radius 3 is 2.63 bits per heavy atom. The van der Waals surface area contributed by atoms with Gasteiger partial charge in [-0.3, -0.25) is 9.69 Å². The van der Waals surface area contributed by atoms with Crippen LogP contribution in [0, 0.1) is 19.8 Å². The van der Waals surface area contributed by atoms with E-state index in [-0.39, 0.29) is 5.56 Å². The predicted octanol–water partition coefficient (Wildman–Crippen LogP) is 6.57. The average Bonchev–Trinajstić information content (AvgIpc) is 3.34. The van der Waals surface area contributed by atoms with Gasteiger partial charge in [-0.1, -0.05) is 13.0 Å². The van der Waals surface area contributed by atoms with Crippen LogP contribution in [0.4, 0.5) is 36.2 Å². The molecule has 0 unspecified atom stereocenters. The summed E-state index contributed by atoms with van der Waals surface area (Å²) < 4.78 is 43.1. The minimum Gasteiger partial charge on any atom is -0.373 e. The number of hydrogen-bond donors (Lipinski definition) is 3. The largest absolute Gasteiger partial charge is 0.416 e. The first-order valence-corrected chi connectivity index (χ1v) is 14.2. The minimum absolute atomic E-state index is 0.0391. The highest BCUT2D eigenvalue weighted by Crippen LogP contribution is 2.32. The van der Waals surface area contributed by atoms with Gasteiger partial charge in [0, 0.05) is 49.2 Å². The van der Waals surface area contributed by atoms with Crippen molar-refractivity contribution in [3.63, 3.8) is 0 Å². The van der Waals surface area contributed by atoms with Gasteiger partial charge in [0.15, 0.2) is 5.82 Å². The number of nitrogens with one attached hydrogen (secondary N) is 3. The summed E-state index contributed by atoms with van der Waals surface area (Å²) in [6, 6.07) is 12.5. The zero-order valence-electron chi connectivity index (χ0n) is 24.6. The Morgan fingerprint density at radius 2 is 1.88 bits per heavy atom. The first-order valence-electron chi connectivity index (χ1n) is 14.2. The topological polar surface area (TPSA) is 100 Å². The zero-order valence-corrected chi connectivity index (χ0v) is 24.6. The lowest BCUT2D eigenvalue weighted by Crippen LogP contribution is -2.33. The third kappa shape index (κ3) is 7.31. The predicted molar refractivity (Wildman–Crippen MR) is 161 cm³/mol.